The summed E-state index contributed by atoms with van der Waals surface area (Å²) in [6.45, 7) is 10.3. The molecule has 7 nitrogen and oxygen atoms in total. The van der Waals surface area contributed by atoms with Gasteiger partial charge in [-0.2, -0.15) is 0 Å². The molecule has 2 unspecified atom stereocenters. The molecule has 146 valence electrons. The van der Waals surface area contributed by atoms with Crippen molar-refractivity contribution in [1.29, 1.82) is 0 Å². The van der Waals surface area contributed by atoms with E-state index in [0.29, 0.717) is 19.6 Å². The number of aliphatic imine (C=N–C) groups is 1. The second kappa shape index (κ2) is 9.80. The summed E-state index contributed by atoms with van der Waals surface area (Å²) in [6.07, 6.45) is 2.52. The number of hydrogen-bond acceptors (Lipinski definition) is 4. The van der Waals surface area contributed by atoms with E-state index in [9.17, 15) is 9.90 Å². The Morgan fingerprint density at radius 1 is 1.32 bits per heavy atom. The maximum absolute atomic E-state index is 11.9. The van der Waals surface area contributed by atoms with Gasteiger partial charge in [-0.1, -0.05) is 6.42 Å². The number of amides is 1. The van der Waals surface area contributed by atoms with Gasteiger partial charge in [-0.15, -0.1) is 24.0 Å². The number of carbonyl (C=O) groups is 1. The highest BCUT2D eigenvalue weighted by molar-refractivity contribution is 14.0. The molecule has 0 radical (unpaired) electrons. The minimum Gasteiger partial charge on any atom is -0.444 e. The minimum atomic E-state index is -0.464. The molecule has 2 rings (SSSR count). The van der Waals surface area contributed by atoms with Crippen LogP contribution in [0.1, 0.15) is 47.0 Å². The van der Waals surface area contributed by atoms with E-state index in [1.807, 2.05) is 27.7 Å². The number of aliphatic hydroxyl groups is 1. The third-order valence-electron chi connectivity index (χ3n) is 4.32. The number of nitrogens with zero attached hydrogens (tertiary/aromatic N) is 2. The number of rotatable bonds is 4. The molecule has 1 aliphatic carbocycles. The lowest BCUT2D eigenvalue weighted by Crippen LogP contribution is -2.63. The summed E-state index contributed by atoms with van der Waals surface area (Å²) in [5.41, 5.74) is -0.464. The molecule has 2 fully saturated rings. The molecule has 0 spiro atoms. The van der Waals surface area contributed by atoms with Gasteiger partial charge in [-0.05, 0) is 40.5 Å². The van der Waals surface area contributed by atoms with Crippen LogP contribution in [0.15, 0.2) is 4.99 Å². The Hall–Kier alpha value is -0.770. The predicted octanol–water partition coefficient (Wildman–Crippen LogP) is 1.94. The number of ether oxygens (including phenoxy) is 1. The summed E-state index contributed by atoms with van der Waals surface area (Å²) in [5.74, 6) is 1.02. The second-order valence-electron chi connectivity index (χ2n) is 7.70. The number of carbonyl (C=O) groups excluding carboxylic acids is 1. The van der Waals surface area contributed by atoms with Crippen LogP contribution in [-0.4, -0.2) is 66.0 Å². The van der Waals surface area contributed by atoms with Crippen LogP contribution in [0.2, 0.25) is 0 Å². The first kappa shape index (κ1) is 22.3. The summed E-state index contributed by atoms with van der Waals surface area (Å²) in [7, 11) is 0. The Kier molecular flexibility index (Phi) is 8.73. The zero-order valence-electron chi connectivity index (χ0n) is 15.7. The van der Waals surface area contributed by atoms with Gasteiger partial charge in [0.25, 0.3) is 0 Å². The van der Waals surface area contributed by atoms with E-state index < -0.39 is 5.60 Å². The van der Waals surface area contributed by atoms with E-state index in [-0.39, 0.29) is 48.1 Å². The molecule has 1 saturated carbocycles. The van der Waals surface area contributed by atoms with Crippen LogP contribution < -0.4 is 10.6 Å². The van der Waals surface area contributed by atoms with Gasteiger partial charge in [0.15, 0.2) is 5.96 Å². The van der Waals surface area contributed by atoms with Gasteiger partial charge >= 0.3 is 6.09 Å². The summed E-state index contributed by atoms with van der Waals surface area (Å²) in [6, 6.07) is 0.184. The third-order valence-corrected chi connectivity index (χ3v) is 4.32. The number of likely N-dealkylation sites (tertiary alicyclic amines) is 1. The fourth-order valence-corrected chi connectivity index (χ4v) is 3.00. The van der Waals surface area contributed by atoms with Crippen LogP contribution in [0.5, 0.6) is 0 Å². The summed E-state index contributed by atoms with van der Waals surface area (Å²) in [5, 5.41) is 16.5. The zero-order valence-corrected chi connectivity index (χ0v) is 18.1. The predicted molar refractivity (Wildman–Crippen MR) is 109 cm³/mol. The Labute approximate surface area is 168 Å². The van der Waals surface area contributed by atoms with E-state index >= 15 is 0 Å². The Balaban J connectivity index is 0.00000312. The maximum atomic E-state index is 11.9. The van der Waals surface area contributed by atoms with E-state index in [1.54, 1.807) is 4.90 Å². The molecule has 2 atom stereocenters. The monoisotopic (exact) mass is 468 g/mol. The molecule has 3 N–H and O–H groups in total. The lowest BCUT2D eigenvalue weighted by Gasteiger charge is -2.40. The molecule has 1 amide bonds. The second-order valence-corrected chi connectivity index (χ2v) is 7.70. The van der Waals surface area contributed by atoms with Crippen molar-refractivity contribution in [3.05, 3.63) is 0 Å². The van der Waals surface area contributed by atoms with Crippen LogP contribution in [0, 0.1) is 5.92 Å². The Morgan fingerprint density at radius 2 is 2.00 bits per heavy atom. The summed E-state index contributed by atoms with van der Waals surface area (Å²) < 4.78 is 5.35. The molecule has 0 aromatic heterocycles. The average Bonchev–Trinajstić information content (AvgIpc) is 2.82. The molecule has 1 heterocycles. The van der Waals surface area contributed by atoms with Crippen LogP contribution in [0.25, 0.3) is 0 Å². The van der Waals surface area contributed by atoms with E-state index in [4.69, 9.17) is 4.74 Å². The lowest BCUT2D eigenvalue weighted by atomic mass is 10.1. The van der Waals surface area contributed by atoms with E-state index in [1.165, 1.54) is 0 Å². The van der Waals surface area contributed by atoms with Crippen LogP contribution in [0.3, 0.4) is 0 Å². The average molecular weight is 468 g/mol. The number of nitrogens with one attached hydrogen (secondary N) is 2. The number of guanidine groups is 1. The molecule has 1 saturated heterocycles. The molecular formula is C17H33IN4O3. The molecule has 1 aliphatic heterocycles. The van der Waals surface area contributed by atoms with Crippen LogP contribution in [0.4, 0.5) is 4.79 Å². The fourth-order valence-electron chi connectivity index (χ4n) is 3.00. The first-order chi connectivity index (χ1) is 11.3. The molecule has 0 aromatic rings. The highest BCUT2D eigenvalue weighted by Crippen LogP contribution is 2.25. The van der Waals surface area contributed by atoms with Crippen molar-refractivity contribution in [2.24, 2.45) is 10.9 Å². The summed E-state index contributed by atoms with van der Waals surface area (Å²) >= 11 is 0. The molecule has 25 heavy (non-hydrogen) atoms. The van der Waals surface area contributed by atoms with Crippen LogP contribution >= 0.6 is 24.0 Å². The molecule has 2 aliphatic rings. The van der Waals surface area contributed by atoms with Crippen LogP contribution in [-0.2, 0) is 4.74 Å². The zero-order chi connectivity index (χ0) is 17.7. The molecule has 8 heteroatoms. The van der Waals surface area contributed by atoms with Gasteiger partial charge < -0.3 is 25.4 Å². The van der Waals surface area contributed by atoms with E-state index in [2.05, 4.69) is 15.6 Å². The van der Waals surface area contributed by atoms with Crippen molar-refractivity contribution >= 4 is 36.0 Å². The smallest absolute Gasteiger partial charge is 0.410 e. The van der Waals surface area contributed by atoms with Crippen molar-refractivity contribution in [1.82, 2.24) is 15.5 Å². The molecule has 0 aromatic carbocycles. The van der Waals surface area contributed by atoms with Gasteiger partial charge in [0, 0.05) is 32.1 Å². The van der Waals surface area contributed by atoms with Crippen molar-refractivity contribution in [3.8, 4) is 0 Å². The van der Waals surface area contributed by atoms with Crippen molar-refractivity contribution in [3.63, 3.8) is 0 Å². The van der Waals surface area contributed by atoms with Gasteiger partial charge in [-0.3, -0.25) is 4.99 Å². The highest BCUT2D eigenvalue weighted by atomic mass is 127. The van der Waals surface area contributed by atoms with E-state index in [0.717, 1.165) is 31.8 Å². The van der Waals surface area contributed by atoms with Gasteiger partial charge in [0.05, 0.1) is 12.1 Å². The topological polar surface area (TPSA) is 86.2 Å². The fraction of sp³-hybridized carbons (Fsp3) is 0.882. The van der Waals surface area contributed by atoms with Crippen molar-refractivity contribution < 1.29 is 14.6 Å². The van der Waals surface area contributed by atoms with Gasteiger partial charge in [0.1, 0.15) is 5.60 Å². The first-order valence-corrected chi connectivity index (χ1v) is 8.99. The number of hydrogen-bond donors (Lipinski definition) is 3. The quantitative estimate of drug-likeness (QED) is 0.334. The Bertz CT molecular complexity index is 461. The van der Waals surface area contributed by atoms with Gasteiger partial charge in [-0.25, -0.2) is 4.79 Å². The van der Waals surface area contributed by atoms with Crippen molar-refractivity contribution in [2.45, 2.75) is 64.7 Å². The third kappa shape index (κ3) is 7.16. The largest absolute Gasteiger partial charge is 0.444 e. The number of aliphatic hydroxyl groups excluding tert-OH is 1. The van der Waals surface area contributed by atoms with Gasteiger partial charge in [0.2, 0.25) is 0 Å². The lowest BCUT2D eigenvalue weighted by molar-refractivity contribution is 0.00699. The van der Waals surface area contributed by atoms with Crippen molar-refractivity contribution in [2.75, 3.05) is 26.2 Å². The Morgan fingerprint density at radius 3 is 2.52 bits per heavy atom. The minimum absolute atomic E-state index is 0. The molecular weight excluding hydrogens is 435 g/mol. The SMILES string of the molecule is CCNC(=NCC1CCCC1O)NC1CN(C(=O)OC(C)(C)C)C1.I. The number of halogens is 1. The normalized spacial score (nSPS) is 24.4. The standard InChI is InChI=1S/C17H32N4O3.HI/c1-5-18-15(19-9-12-7-6-8-14(12)22)20-13-10-21(11-13)16(23)24-17(2,3)4;/h12-14,22H,5-11H2,1-4H3,(H2,18,19,20);1H. The first-order valence-electron chi connectivity index (χ1n) is 8.99. The maximum Gasteiger partial charge on any atom is 0.410 e. The molecule has 0 bridgehead atoms. The summed E-state index contributed by atoms with van der Waals surface area (Å²) in [4.78, 5) is 18.2. The highest BCUT2D eigenvalue weighted by Gasteiger charge is 2.34.